The average molecular weight is 395 g/mol. The molecule has 0 aliphatic carbocycles. The molecule has 0 fully saturated rings. The van der Waals surface area contributed by atoms with Gasteiger partial charge in [-0.1, -0.05) is 13.8 Å². The summed E-state index contributed by atoms with van der Waals surface area (Å²) in [5.41, 5.74) is 1.14. The van der Waals surface area contributed by atoms with Crippen LogP contribution in [-0.4, -0.2) is 44.3 Å². The fourth-order valence-corrected chi connectivity index (χ4v) is 2.77. The van der Waals surface area contributed by atoms with Gasteiger partial charge in [-0.05, 0) is 37.1 Å². The fraction of sp³-hybridized carbons (Fsp3) is 0.389. The molecule has 2 rings (SSSR count). The molecule has 7 nitrogen and oxygen atoms in total. The summed E-state index contributed by atoms with van der Waals surface area (Å²) in [6, 6.07) is 5.41. The van der Waals surface area contributed by atoms with E-state index in [0.29, 0.717) is 11.3 Å². The Labute approximate surface area is 158 Å². The number of hydrogen-bond acceptors (Lipinski definition) is 6. The van der Waals surface area contributed by atoms with Gasteiger partial charge in [-0.15, -0.1) is 0 Å². The molecule has 146 valence electrons. The Balaban J connectivity index is 2.84. The maximum atomic E-state index is 13.3. The Morgan fingerprint density at radius 2 is 1.81 bits per heavy atom. The van der Waals surface area contributed by atoms with E-state index in [2.05, 4.69) is 9.97 Å². The topological polar surface area (TPSA) is 89.5 Å². The molecule has 0 atom stereocenters. The molecule has 0 saturated carbocycles. The number of rotatable bonds is 6. The molecule has 0 aliphatic heterocycles. The fourth-order valence-electron chi connectivity index (χ4n) is 2.39. The zero-order valence-corrected chi connectivity index (χ0v) is 16.7. The van der Waals surface area contributed by atoms with Gasteiger partial charge in [0.2, 0.25) is 16.0 Å². The first-order chi connectivity index (χ1) is 12.6. The van der Waals surface area contributed by atoms with E-state index >= 15 is 0 Å². The molecule has 0 spiro atoms. The van der Waals surface area contributed by atoms with Crippen molar-refractivity contribution in [1.82, 2.24) is 9.97 Å². The lowest BCUT2D eigenvalue weighted by atomic mass is 9.98. The summed E-state index contributed by atoms with van der Waals surface area (Å²) < 4.78 is 43.3. The minimum atomic E-state index is -3.62. The van der Waals surface area contributed by atoms with Gasteiger partial charge in [0.1, 0.15) is 11.4 Å². The molecule has 0 amide bonds. The van der Waals surface area contributed by atoms with Crippen LogP contribution in [0.25, 0.3) is 11.3 Å². The van der Waals surface area contributed by atoms with E-state index < -0.39 is 21.8 Å². The number of nitrogens with zero attached hydrogens (tertiary/aromatic N) is 3. The monoisotopic (exact) mass is 395 g/mol. The van der Waals surface area contributed by atoms with Gasteiger partial charge in [-0.3, -0.25) is 0 Å². The van der Waals surface area contributed by atoms with Gasteiger partial charge in [0.15, 0.2) is 0 Å². The van der Waals surface area contributed by atoms with Crippen LogP contribution in [0.3, 0.4) is 0 Å². The zero-order chi connectivity index (χ0) is 20.4. The van der Waals surface area contributed by atoms with E-state index in [4.69, 9.17) is 4.74 Å². The van der Waals surface area contributed by atoms with Gasteiger partial charge in [-0.25, -0.2) is 31.9 Å². The number of carbonyl (C=O) groups excluding carboxylic acids is 1. The summed E-state index contributed by atoms with van der Waals surface area (Å²) in [5, 5.41) is 0. The highest BCUT2D eigenvalue weighted by molar-refractivity contribution is 7.92. The third-order valence-electron chi connectivity index (χ3n) is 3.85. The highest BCUT2D eigenvalue weighted by Crippen LogP contribution is 2.31. The standard InChI is InChI=1S/C18H22FN3O4S/c1-6-26-17(23)14-15(11(2)3)20-18(22(4)27(5,24)25)21-16(14)12-7-9-13(19)10-8-12/h7-11H,6H2,1-5H3. The Morgan fingerprint density at radius 3 is 2.30 bits per heavy atom. The number of anilines is 1. The van der Waals surface area contributed by atoms with E-state index in [1.807, 2.05) is 13.8 Å². The number of aromatic nitrogens is 2. The quantitative estimate of drug-likeness (QED) is 0.699. The van der Waals surface area contributed by atoms with Crippen LogP contribution in [0.1, 0.15) is 42.7 Å². The second-order valence-electron chi connectivity index (χ2n) is 6.25. The number of halogens is 1. The number of esters is 1. The van der Waals surface area contributed by atoms with Crippen LogP contribution in [0.2, 0.25) is 0 Å². The molecule has 0 radical (unpaired) electrons. The number of ether oxygens (including phenoxy) is 1. The van der Waals surface area contributed by atoms with E-state index in [-0.39, 0.29) is 29.7 Å². The molecule has 9 heteroatoms. The van der Waals surface area contributed by atoms with Crippen molar-refractivity contribution in [2.75, 3.05) is 24.2 Å². The summed E-state index contributed by atoms with van der Waals surface area (Å²) in [7, 11) is -2.29. The van der Waals surface area contributed by atoms with Gasteiger partial charge in [0.25, 0.3) is 0 Å². The van der Waals surface area contributed by atoms with E-state index in [1.165, 1.54) is 31.3 Å². The van der Waals surface area contributed by atoms with Gasteiger partial charge in [0, 0.05) is 12.6 Å². The maximum Gasteiger partial charge on any atom is 0.342 e. The first-order valence-electron chi connectivity index (χ1n) is 8.35. The van der Waals surface area contributed by atoms with Crippen molar-refractivity contribution in [3.8, 4) is 11.3 Å². The second-order valence-corrected chi connectivity index (χ2v) is 8.26. The van der Waals surface area contributed by atoms with E-state index in [9.17, 15) is 17.6 Å². The van der Waals surface area contributed by atoms with Gasteiger partial charge < -0.3 is 4.74 Å². The van der Waals surface area contributed by atoms with Crippen molar-refractivity contribution in [3.05, 3.63) is 41.3 Å². The van der Waals surface area contributed by atoms with Crippen LogP contribution in [0.15, 0.2) is 24.3 Å². The van der Waals surface area contributed by atoms with Crippen LogP contribution in [-0.2, 0) is 14.8 Å². The lowest BCUT2D eigenvalue weighted by Gasteiger charge is -2.20. The summed E-state index contributed by atoms with van der Waals surface area (Å²) in [6.45, 7) is 5.48. The second kappa shape index (κ2) is 7.99. The molecule has 1 aromatic heterocycles. The number of carbonyl (C=O) groups is 1. The molecule has 0 N–H and O–H groups in total. The molecule has 27 heavy (non-hydrogen) atoms. The molecule has 1 aromatic carbocycles. The summed E-state index contributed by atoms with van der Waals surface area (Å²) in [6.07, 6.45) is 1.03. The van der Waals surface area contributed by atoms with Crippen LogP contribution in [0.5, 0.6) is 0 Å². The van der Waals surface area contributed by atoms with Crippen LogP contribution >= 0.6 is 0 Å². The smallest absolute Gasteiger partial charge is 0.342 e. The molecule has 0 saturated heterocycles. The van der Waals surface area contributed by atoms with Gasteiger partial charge >= 0.3 is 5.97 Å². The van der Waals surface area contributed by atoms with Crippen LogP contribution in [0.4, 0.5) is 10.3 Å². The van der Waals surface area contributed by atoms with Crippen molar-refractivity contribution in [3.63, 3.8) is 0 Å². The number of benzene rings is 1. The lowest BCUT2D eigenvalue weighted by molar-refractivity contribution is 0.0524. The first kappa shape index (κ1) is 20.8. The predicted molar refractivity (Wildman–Crippen MR) is 101 cm³/mol. The van der Waals surface area contributed by atoms with E-state index in [0.717, 1.165) is 10.6 Å². The molecule has 2 aromatic rings. The van der Waals surface area contributed by atoms with Gasteiger partial charge in [0.05, 0.1) is 24.3 Å². The number of sulfonamides is 1. The maximum absolute atomic E-state index is 13.3. The Kier molecular flexibility index (Phi) is 6.15. The third-order valence-corrected chi connectivity index (χ3v) is 5.01. The van der Waals surface area contributed by atoms with Crippen LogP contribution < -0.4 is 4.31 Å². The average Bonchev–Trinajstić information content (AvgIpc) is 2.60. The Morgan fingerprint density at radius 1 is 1.22 bits per heavy atom. The molecular weight excluding hydrogens is 373 g/mol. The first-order valence-corrected chi connectivity index (χ1v) is 10.2. The largest absolute Gasteiger partial charge is 0.462 e. The van der Waals surface area contributed by atoms with Crippen molar-refractivity contribution in [2.45, 2.75) is 26.7 Å². The zero-order valence-electron chi connectivity index (χ0n) is 15.9. The molecule has 0 bridgehead atoms. The lowest BCUT2D eigenvalue weighted by Crippen LogP contribution is -2.28. The number of hydrogen-bond donors (Lipinski definition) is 0. The highest BCUT2D eigenvalue weighted by Gasteiger charge is 2.27. The molecule has 0 unspecified atom stereocenters. The minimum Gasteiger partial charge on any atom is -0.462 e. The predicted octanol–water partition coefficient (Wildman–Crippen LogP) is 2.98. The normalized spacial score (nSPS) is 11.5. The van der Waals surface area contributed by atoms with E-state index in [1.54, 1.807) is 6.92 Å². The Bertz CT molecular complexity index is 944. The van der Waals surface area contributed by atoms with Crippen LogP contribution in [0, 0.1) is 5.82 Å². The molecule has 1 heterocycles. The third kappa shape index (κ3) is 4.60. The highest BCUT2D eigenvalue weighted by atomic mass is 32.2. The molecular formula is C18H22FN3O4S. The SMILES string of the molecule is CCOC(=O)c1c(-c2ccc(F)cc2)nc(N(C)S(C)(=O)=O)nc1C(C)C. The Hall–Kier alpha value is -2.55. The summed E-state index contributed by atoms with van der Waals surface area (Å²) in [4.78, 5) is 21.2. The summed E-state index contributed by atoms with van der Waals surface area (Å²) in [5.74, 6) is -1.34. The van der Waals surface area contributed by atoms with Crippen molar-refractivity contribution < 1.29 is 22.3 Å². The minimum absolute atomic E-state index is 0.0754. The van der Waals surface area contributed by atoms with Crippen molar-refractivity contribution in [1.29, 1.82) is 0 Å². The van der Waals surface area contributed by atoms with Crippen molar-refractivity contribution >= 4 is 21.9 Å². The molecule has 0 aliphatic rings. The summed E-state index contributed by atoms with van der Waals surface area (Å²) >= 11 is 0. The van der Waals surface area contributed by atoms with Gasteiger partial charge in [-0.2, -0.15) is 0 Å². The van der Waals surface area contributed by atoms with Crippen molar-refractivity contribution in [2.24, 2.45) is 0 Å².